The Kier molecular flexibility index (Phi) is 6.88. The summed E-state index contributed by atoms with van der Waals surface area (Å²) in [6, 6.07) is 7.49. The molecule has 5 nitrogen and oxygen atoms in total. The molecule has 138 valence electrons. The molecule has 0 aromatic heterocycles. The molecule has 1 aromatic carbocycles. The van der Waals surface area contributed by atoms with Gasteiger partial charge in [0.2, 0.25) is 0 Å². The van der Waals surface area contributed by atoms with Gasteiger partial charge in [-0.2, -0.15) is 0 Å². The number of phenolic OH excluding ortho intramolecular Hbond substituents is 1. The van der Waals surface area contributed by atoms with Crippen molar-refractivity contribution in [1.29, 1.82) is 0 Å². The molecule has 2 amide bonds. The second kappa shape index (κ2) is 8.90. The molecule has 1 aliphatic heterocycles. The van der Waals surface area contributed by atoms with E-state index in [1.165, 1.54) is 5.57 Å². The Balaban J connectivity index is 1.78. The smallest absolute Gasteiger partial charge is 0.317 e. The van der Waals surface area contributed by atoms with Crippen molar-refractivity contribution < 1.29 is 9.90 Å². The third-order valence-electron chi connectivity index (χ3n) is 4.86. The predicted molar refractivity (Wildman–Crippen MR) is 102 cm³/mol. The summed E-state index contributed by atoms with van der Waals surface area (Å²) in [6.45, 7) is 11.0. The van der Waals surface area contributed by atoms with E-state index in [2.05, 4.69) is 23.7 Å². The first-order valence-corrected chi connectivity index (χ1v) is 9.03. The van der Waals surface area contributed by atoms with Crippen LogP contribution >= 0.6 is 0 Å². The number of hydrogen-bond donors (Lipinski definition) is 2. The lowest BCUT2D eigenvalue weighted by molar-refractivity contribution is 0.173. The number of nitrogens with one attached hydrogen (secondary N) is 1. The topological polar surface area (TPSA) is 55.8 Å². The number of likely N-dealkylation sites (N-methyl/N-ethyl adjacent to an activating group) is 1. The highest BCUT2D eigenvalue weighted by atomic mass is 16.3. The Bertz CT molecular complexity index is 577. The molecule has 25 heavy (non-hydrogen) atoms. The Hall–Kier alpha value is -2.01. The molecule has 0 spiro atoms. The standard InChI is InChI=1S/C20H31N3O2/c1-15(2)14-23-11-9-18(10-12-23)21-20(25)22(4)16(3)13-17-5-7-19(24)8-6-17/h5-8,16,18,24H,1,9-14H2,2-4H3,(H,21,25). The molecule has 0 aliphatic carbocycles. The van der Waals surface area contributed by atoms with Gasteiger partial charge in [0.25, 0.3) is 0 Å². The number of carbonyl (C=O) groups excluding carboxylic acids is 1. The zero-order chi connectivity index (χ0) is 18.4. The molecule has 1 saturated heterocycles. The van der Waals surface area contributed by atoms with Crippen molar-refractivity contribution in [2.45, 2.75) is 45.2 Å². The van der Waals surface area contributed by atoms with Gasteiger partial charge in [-0.3, -0.25) is 4.90 Å². The average molecular weight is 345 g/mol. The number of rotatable bonds is 6. The molecule has 1 unspecified atom stereocenters. The first kappa shape index (κ1) is 19.3. The summed E-state index contributed by atoms with van der Waals surface area (Å²) in [6.07, 6.45) is 2.74. The van der Waals surface area contributed by atoms with Gasteiger partial charge in [0.15, 0.2) is 0 Å². The van der Waals surface area contributed by atoms with Crippen LogP contribution in [0.4, 0.5) is 4.79 Å². The Morgan fingerprint density at radius 1 is 1.36 bits per heavy atom. The van der Waals surface area contributed by atoms with Crippen LogP contribution in [-0.4, -0.2) is 59.7 Å². The quantitative estimate of drug-likeness (QED) is 0.779. The minimum absolute atomic E-state index is 0.00960. The average Bonchev–Trinajstić information content (AvgIpc) is 2.57. The van der Waals surface area contributed by atoms with Crippen LogP contribution in [0.3, 0.4) is 0 Å². The number of piperidine rings is 1. The van der Waals surface area contributed by atoms with Crippen LogP contribution in [0.15, 0.2) is 36.4 Å². The lowest BCUT2D eigenvalue weighted by Crippen LogP contribution is -2.50. The summed E-state index contributed by atoms with van der Waals surface area (Å²) in [5, 5.41) is 12.5. The first-order valence-electron chi connectivity index (χ1n) is 9.03. The monoisotopic (exact) mass is 345 g/mol. The molecule has 1 fully saturated rings. The van der Waals surface area contributed by atoms with Gasteiger partial charge in [-0.05, 0) is 50.8 Å². The van der Waals surface area contributed by atoms with Crippen LogP contribution in [0, 0.1) is 0 Å². The third-order valence-corrected chi connectivity index (χ3v) is 4.86. The van der Waals surface area contributed by atoms with Crippen LogP contribution in [-0.2, 0) is 6.42 Å². The second-order valence-corrected chi connectivity index (χ2v) is 7.29. The number of carbonyl (C=O) groups is 1. The summed E-state index contributed by atoms with van der Waals surface area (Å²) in [7, 11) is 1.84. The molecule has 2 rings (SSSR count). The molecule has 0 saturated carbocycles. The lowest BCUT2D eigenvalue weighted by Gasteiger charge is -2.34. The molecule has 1 atom stereocenters. The number of hydrogen-bond acceptors (Lipinski definition) is 3. The van der Waals surface area contributed by atoms with Crippen molar-refractivity contribution in [3.8, 4) is 5.75 Å². The van der Waals surface area contributed by atoms with Crippen molar-refractivity contribution in [3.63, 3.8) is 0 Å². The maximum absolute atomic E-state index is 12.5. The highest BCUT2D eigenvalue weighted by Gasteiger charge is 2.23. The second-order valence-electron chi connectivity index (χ2n) is 7.29. The molecule has 1 aromatic rings. The van der Waals surface area contributed by atoms with Gasteiger partial charge in [0, 0.05) is 38.8 Å². The molecule has 0 radical (unpaired) electrons. The maximum atomic E-state index is 12.5. The number of benzene rings is 1. The van der Waals surface area contributed by atoms with Gasteiger partial charge in [-0.1, -0.05) is 24.3 Å². The zero-order valence-corrected chi connectivity index (χ0v) is 15.7. The van der Waals surface area contributed by atoms with E-state index in [-0.39, 0.29) is 23.9 Å². The summed E-state index contributed by atoms with van der Waals surface area (Å²) >= 11 is 0. The largest absolute Gasteiger partial charge is 0.508 e. The van der Waals surface area contributed by atoms with Crippen LogP contribution in [0.2, 0.25) is 0 Å². The van der Waals surface area contributed by atoms with Crippen LogP contribution < -0.4 is 5.32 Å². The van der Waals surface area contributed by atoms with E-state index in [4.69, 9.17) is 0 Å². The Morgan fingerprint density at radius 2 is 1.96 bits per heavy atom. The highest BCUT2D eigenvalue weighted by molar-refractivity contribution is 5.74. The molecule has 5 heteroatoms. The number of amides is 2. The van der Waals surface area contributed by atoms with E-state index >= 15 is 0 Å². The molecule has 2 N–H and O–H groups in total. The van der Waals surface area contributed by atoms with E-state index in [0.29, 0.717) is 0 Å². The summed E-state index contributed by atoms with van der Waals surface area (Å²) in [5.74, 6) is 0.264. The summed E-state index contributed by atoms with van der Waals surface area (Å²) in [5.41, 5.74) is 2.29. The van der Waals surface area contributed by atoms with E-state index in [1.54, 1.807) is 17.0 Å². The normalized spacial score (nSPS) is 17.1. The third kappa shape index (κ3) is 6.09. The van der Waals surface area contributed by atoms with Crippen LogP contribution in [0.25, 0.3) is 0 Å². The van der Waals surface area contributed by atoms with E-state index in [9.17, 15) is 9.90 Å². The first-order chi connectivity index (χ1) is 11.8. The molecule has 1 heterocycles. The van der Waals surface area contributed by atoms with Gasteiger partial charge in [-0.15, -0.1) is 0 Å². The molecular formula is C20H31N3O2. The van der Waals surface area contributed by atoms with Gasteiger partial charge >= 0.3 is 6.03 Å². The fourth-order valence-corrected chi connectivity index (χ4v) is 3.20. The minimum Gasteiger partial charge on any atom is -0.508 e. The Labute approximate surface area is 151 Å². The van der Waals surface area contributed by atoms with Crippen LogP contribution in [0.5, 0.6) is 5.75 Å². The SMILES string of the molecule is C=C(C)CN1CCC(NC(=O)N(C)C(C)Cc2ccc(O)cc2)CC1. The van der Waals surface area contributed by atoms with Gasteiger partial charge in [0.1, 0.15) is 5.75 Å². The summed E-state index contributed by atoms with van der Waals surface area (Å²) < 4.78 is 0. The highest BCUT2D eigenvalue weighted by Crippen LogP contribution is 2.15. The van der Waals surface area contributed by atoms with Crippen molar-refractivity contribution in [2.24, 2.45) is 0 Å². The minimum atomic E-state index is -0.00960. The van der Waals surface area contributed by atoms with Gasteiger partial charge in [-0.25, -0.2) is 4.79 Å². The lowest BCUT2D eigenvalue weighted by atomic mass is 10.0. The number of nitrogens with zero attached hydrogens (tertiary/aromatic N) is 2. The van der Waals surface area contributed by atoms with E-state index in [1.807, 2.05) is 26.1 Å². The Morgan fingerprint density at radius 3 is 2.52 bits per heavy atom. The van der Waals surface area contributed by atoms with Gasteiger partial charge in [0.05, 0.1) is 0 Å². The maximum Gasteiger partial charge on any atom is 0.317 e. The van der Waals surface area contributed by atoms with E-state index in [0.717, 1.165) is 44.5 Å². The number of phenols is 1. The fraction of sp³-hybridized carbons (Fsp3) is 0.550. The van der Waals surface area contributed by atoms with Crippen molar-refractivity contribution in [2.75, 3.05) is 26.7 Å². The molecular weight excluding hydrogens is 314 g/mol. The number of aromatic hydroxyl groups is 1. The van der Waals surface area contributed by atoms with Crippen molar-refractivity contribution >= 4 is 6.03 Å². The predicted octanol–water partition coefficient (Wildman–Crippen LogP) is 3.01. The van der Waals surface area contributed by atoms with Crippen molar-refractivity contribution in [1.82, 2.24) is 15.1 Å². The number of likely N-dealkylation sites (tertiary alicyclic amines) is 1. The molecule has 1 aliphatic rings. The number of urea groups is 1. The zero-order valence-electron chi connectivity index (χ0n) is 15.7. The fourth-order valence-electron chi connectivity index (χ4n) is 3.20. The van der Waals surface area contributed by atoms with Crippen molar-refractivity contribution in [3.05, 3.63) is 42.0 Å². The van der Waals surface area contributed by atoms with E-state index < -0.39 is 0 Å². The van der Waals surface area contributed by atoms with Gasteiger partial charge < -0.3 is 15.3 Å². The van der Waals surface area contributed by atoms with Crippen LogP contribution in [0.1, 0.15) is 32.3 Å². The molecule has 0 bridgehead atoms. The summed E-state index contributed by atoms with van der Waals surface area (Å²) in [4.78, 5) is 16.7.